The molecular weight excluding hydrogens is 284 g/mol. The standard InChI is InChI=1S/C15H20N4O3/c20-15(16-12-5-6-12)11-17-7-9-18(10-8-17)13-3-1-2-4-14(13)19(21)22/h1-4,12H,5-11H2,(H,16,20)/p+1. The van der Waals surface area contributed by atoms with Crippen molar-refractivity contribution in [3.05, 3.63) is 34.4 Å². The Kier molecular flexibility index (Phi) is 4.24. The largest absolute Gasteiger partial charge is 0.355 e. The van der Waals surface area contributed by atoms with Crippen molar-refractivity contribution in [2.45, 2.75) is 18.9 Å². The number of hydrogen-bond donors (Lipinski definition) is 2. The fourth-order valence-corrected chi connectivity index (χ4v) is 2.86. The lowest BCUT2D eigenvalue weighted by molar-refractivity contribution is -0.892. The fourth-order valence-electron chi connectivity index (χ4n) is 2.86. The topological polar surface area (TPSA) is 79.9 Å². The lowest BCUT2D eigenvalue weighted by atomic mass is 10.2. The van der Waals surface area contributed by atoms with E-state index in [9.17, 15) is 14.9 Å². The summed E-state index contributed by atoms with van der Waals surface area (Å²) in [7, 11) is 0. The number of hydrogen-bond acceptors (Lipinski definition) is 4. The number of rotatable bonds is 5. The quantitative estimate of drug-likeness (QED) is 0.572. The number of nitrogens with one attached hydrogen (secondary N) is 2. The minimum atomic E-state index is -0.336. The summed E-state index contributed by atoms with van der Waals surface area (Å²) in [6.45, 7) is 3.61. The molecule has 7 nitrogen and oxygen atoms in total. The van der Waals surface area contributed by atoms with Gasteiger partial charge in [0.2, 0.25) is 0 Å². The van der Waals surface area contributed by atoms with E-state index < -0.39 is 0 Å². The van der Waals surface area contributed by atoms with Gasteiger partial charge in [0, 0.05) is 12.1 Å². The Bertz CT molecular complexity index is 566. The Hall–Kier alpha value is -2.15. The number of amides is 1. The van der Waals surface area contributed by atoms with Crippen LogP contribution >= 0.6 is 0 Å². The number of quaternary nitrogens is 1. The maximum absolute atomic E-state index is 11.8. The average Bonchev–Trinajstić information content (AvgIpc) is 3.32. The zero-order valence-electron chi connectivity index (χ0n) is 12.5. The highest BCUT2D eigenvalue weighted by molar-refractivity contribution is 5.77. The van der Waals surface area contributed by atoms with E-state index in [0.29, 0.717) is 18.3 Å². The molecule has 0 bridgehead atoms. The van der Waals surface area contributed by atoms with Crippen LogP contribution in [0.1, 0.15) is 12.8 Å². The summed E-state index contributed by atoms with van der Waals surface area (Å²) < 4.78 is 0. The molecule has 22 heavy (non-hydrogen) atoms. The van der Waals surface area contributed by atoms with Crippen LogP contribution in [0.2, 0.25) is 0 Å². The van der Waals surface area contributed by atoms with Crippen molar-refractivity contribution in [3.63, 3.8) is 0 Å². The molecule has 0 aromatic heterocycles. The molecular formula is C15H21N4O3+. The van der Waals surface area contributed by atoms with Gasteiger partial charge in [-0.05, 0) is 18.9 Å². The van der Waals surface area contributed by atoms with E-state index in [0.717, 1.165) is 39.0 Å². The van der Waals surface area contributed by atoms with Gasteiger partial charge in [-0.25, -0.2) is 0 Å². The van der Waals surface area contributed by atoms with Crippen LogP contribution < -0.4 is 15.1 Å². The number of anilines is 1. The second kappa shape index (κ2) is 6.31. The molecule has 3 rings (SSSR count). The van der Waals surface area contributed by atoms with E-state index in [4.69, 9.17) is 0 Å². The first-order valence-corrected chi connectivity index (χ1v) is 7.75. The summed E-state index contributed by atoms with van der Waals surface area (Å²) in [6, 6.07) is 7.25. The number of para-hydroxylation sites is 2. The normalized spacial score (nSPS) is 19.0. The van der Waals surface area contributed by atoms with Gasteiger partial charge >= 0.3 is 0 Å². The van der Waals surface area contributed by atoms with Crippen molar-refractivity contribution < 1.29 is 14.6 Å². The van der Waals surface area contributed by atoms with Crippen LogP contribution in [0.5, 0.6) is 0 Å². The Morgan fingerprint density at radius 3 is 2.64 bits per heavy atom. The third-order valence-electron chi connectivity index (χ3n) is 4.24. The summed E-state index contributed by atoms with van der Waals surface area (Å²) >= 11 is 0. The highest BCUT2D eigenvalue weighted by atomic mass is 16.6. The smallest absolute Gasteiger partial charge is 0.292 e. The minimum absolute atomic E-state index is 0.122. The molecule has 1 aromatic rings. The zero-order valence-corrected chi connectivity index (χ0v) is 12.5. The molecule has 0 spiro atoms. The van der Waals surface area contributed by atoms with E-state index in [1.807, 2.05) is 11.0 Å². The van der Waals surface area contributed by atoms with Crippen LogP contribution in [-0.4, -0.2) is 49.6 Å². The van der Waals surface area contributed by atoms with E-state index in [2.05, 4.69) is 5.32 Å². The molecule has 0 atom stereocenters. The van der Waals surface area contributed by atoms with Gasteiger partial charge in [-0.15, -0.1) is 0 Å². The van der Waals surface area contributed by atoms with Gasteiger partial charge < -0.3 is 15.1 Å². The lowest BCUT2D eigenvalue weighted by Gasteiger charge is -2.33. The second-order valence-electron chi connectivity index (χ2n) is 6.00. The van der Waals surface area contributed by atoms with Gasteiger partial charge in [-0.3, -0.25) is 14.9 Å². The number of carbonyl (C=O) groups is 1. The lowest BCUT2D eigenvalue weighted by Crippen LogP contribution is -3.16. The monoisotopic (exact) mass is 305 g/mol. The van der Waals surface area contributed by atoms with Crippen LogP contribution in [0.15, 0.2) is 24.3 Å². The number of nitrogens with zero attached hydrogens (tertiary/aromatic N) is 2. The van der Waals surface area contributed by atoms with Gasteiger partial charge in [-0.1, -0.05) is 12.1 Å². The molecule has 2 aliphatic rings. The molecule has 7 heteroatoms. The van der Waals surface area contributed by atoms with Crippen molar-refractivity contribution in [1.29, 1.82) is 0 Å². The molecule has 2 N–H and O–H groups in total. The van der Waals surface area contributed by atoms with Gasteiger partial charge in [0.1, 0.15) is 5.69 Å². The highest BCUT2D eigenvalue weighted by Crippen LogP contribution is 2.27. The van der Waals surface area contributed by atoms with E-state index >= 15 is 0 Å². The van der Waals surface area contributed by atoms with E-state index in [1.165, 1.54) is 11.0 Å². The Labute approximate surface area is 129 Å². The van der Waals surface area contributed by atoms with Gasteiger partial charge in [0.05, 0.1) is 31.1 Å². The van der Waals surface area contributed by atoms with Gasteiger partial charge in [0.15, 0.2) is 6.54 Å². The fraction of sp³-hybridized carbons (Fsp3) is 0.533. The zero-order chi connectivity index (χ0) is 15.5. The Morgan fingerprint density at radius 1 is 1.32 bits per heavy atom. The molecule has 1 amide bonds. The average molecular weight is 305 g/mol. The third-order valence-corrected chi connectivity index (χ3v) is 4.24. The molecule has 118 valence electrons. The number of benzene rings is 1. The van der Waals surface area contributed by atoms with Crippen molar-refractivity contribution in [2.75, 3.05) is 37.6 Å². The molecule has 1 heterocycles. The maximum atomic E-state index is 11.8. The van der Waals surface area contributed by atoms with E-state index in [-0.39, 0.29) is 16.5 Å². The van der Waals surface area contributed by atoms with Crippen LogP contribution in [0, 0.1) is 10.1 Å². The van der Waals surface area contributed by atoms with Crippen LogP contribution in [0.3, 0.4) is 0 Å². The predicted molar refractivity (Wildman–Crippen MR) is 82.0 cm³/mol. The summed E-state index contributed by atoms with van der Waals surface area (Å²) in [4.78, 5) is 25.9. The molecule has 2 fully saturated rings. The summed E-state index contributed by atoms with van der Waals surface area (Å²) in [5.74, 6) is 0.122. The molecule has 1 saturated heterocycles. The van der Waals surface area contributed by atoms with Crippen LogP contribution in [0.4, 0.5) is 11.4 Å². The van der Waals surface area contributed by atoms with Crippen molar-refractivity contribution >= 4 is 17.3 Å². The molecule has 1 aliphatic carbocycles. The highest BCUT2D eigenvalue weighted by Gasteiger charge is 2.28. The maximum Gasteiger partial charge on any atom is 0.292 e. The predicted octanol–water partition coefficient (Wildman–Crippen LogP) is -0.422. The summed E-state index contributed by atoms with van der Waals surface area (Å²) in [6.07, 6.45) is 2.21. The molecule has 0 unspecified atom stereocenters. The van der Waals surface area contributed by atoms with Crippen molar-refractivity contribution in [3.8, 4) is 0 Å². The Morgan fingerprint density at radius 2 is 2.00 bits per heavy atom. The van der Waals surface area contributed by atoms with Crippen LogP contribution in [0.25, 0.3) is 0 Å². The SMILES string of the molecule is O=C(C[NH+]1CCN(c2ccccc2[N+](=O)[O-])CC1)NC1CC1. The van der Waals surface area contributed by atoms with E-state index in [1.54, 1.807) is 12.1 Å². The Balaban J connectivity index is 1.55. The van der Waals surface area contributed by atoms with Gasteiger partial charge in [-0.2, -0.15) is 0 Å². The first-order chi connectivity index (χ1) is 10.6. The van der Waals surface area contributed by atoms with Gasteiger partial charge in [0.25, 0.3) is 11.6 Å². The van der Waals surface area contributed by atoms with Crippen molar-refractivity contribution in [1.82, 2.24) is 5.32 Å². The minimum Gasteiger partial charge on any atom is -0.355 e. The third kappa shape index (κ3) is 3.54. The molecule has 0 radical (unpaired) electrons. The summed E-state index contributed by atoms with van der Waals surface area (Å²) in [5, 5.41) is 14.1. The number of nitro groups is 1. The first-order valence-electron chi connectivity index (χ1n) is 7.75. The summed E-state index contributed by atoms with van der Waals surface area (Å²) in [5.41, 5.74) is 0.825. The molecule has 1 aromatic carbocycles. The first kappa shape index (κ1) is 14.8. The molecule has 1 saturated carbocycles. The molecule has 1 aliphatic heterocycles. The number of nitro benzene ring substituents is 1. The van der Waals surface area contributed by atoms with Crippen molar-refractivity contribution in [2.24, 2.45) is 0 Å². The number of carbonyl (C=O) groups excluding carboxylic acids is 1. The van der Waals surface area contributed by atoms with Crippen LogP contribution in [-0.2, 0) is 4.79 Å². The second-order valence-corrected chi connectivity index (χ2v) is 6.00. The number of piperazine rings is 1.